The Hall–Kier alpha value is -12.2. The summed E-state index contributed by atoms with van der Waals surface area (Å²) in [6, 6.07) is 7.45. The van der Waals surface area contributed by atoms with Crippen LogP contribution in [0, 0.1) is 41.5 Å². The molecule has 4 unspecified atom stereocenters. The molecule has 3 saturated heterocycles. The van der Waals surface area contributed by atoms with E-state index in [-0.39, 0.29) is 150 Å². The minimum atomic E-state index is -5.18. The number of carboxylic acid groups (broad SMARTS) is 1. The smallest absolute Gasteiger partial charge is 0.480 e. The Morgan fingerprint density at radius 1 is 0.522 bits per heavy atom. The average Bonchev–Trinajstić information content (AvgIpc) is 0.797. The first-order valence-corrected chi connectivity index (χ1v) is 52.5. The van der Waals surface area contributed by atoms with Gasteiger partial charge in [-0.3, -0.25) is 52.5 Å². The van der Waals surface area contributed by atoms with Crippen LogP contribution in [0.2, 0.25) is 0 Å². The van der Waals surface area contributed by atoms with Crippen LogP contribution in [0.25, 0.3) is 21.8 Å². The van der Waals surface area contributed by atoms with Gasteiger partial charge in [0, 0.05) is 107 Å². The maximum absolute atomic E-state index is 15.0. The zero-order valence-corrected chi connectivity index (χ0v) is 81.9. The van der Waals surface area contributed by atoms with Gasteiger partial charge in [-0.25, -0.2) is 26.8 Å². The number of amides is 6. The van der Waals surface area contributed by atoms with Gasteiger partial charge >= 0.3 is 202 Å². The first-order valence-electron chi connectivity index (χ1n) is 43.9. The van der Waals surface area contributed by atoms with Crippen molar-refractivity contribution in [1.82, 2.24) is 90.0 Å². The molecular formula is C87H111InN20O25S3. The van der Waals surface area contributed by atoms with Gasteiger partial charge in [0.15, 0.2) is 17.7 Å². The summed E-state index contributed by atoms with van der Waals surface area (Å²) in [6.07, 6.45) is 6.64. The van der Waals surface area contributed by atoms with Gasteiger partial charge < -0.3 is 61.4 Å². The number of pyridine rings is 2. The van der Waals surface area contributed by atoms with Gasteiger partial charge in [-0.05, 0) is 125 Å². The van der Waals surface area contributed by atoms with E-state index in [2.05, 4.69) is 71.9 Å². The number of hydrogen-bond donors (Lipinski definition) is 14. The van der Waals surface area contributed by atoms with Crippen molar-refractivity contribution in [2.75, 3.05) is 115 Å². The van der Waals surface area contributed by atoms with Gasteiger partial charge in [-0.1, -0.05) is 54.4 Å². The fourth-order valence-electron chi connectivity index (χ4n) is 16.3. The van der Waals surface area contributed by atoms with Crippen LogP contribution in [0.3, 0.4) is 0 Å². The number of hydrogen-bond acceptors (Lipinski definition) is 31. The molecule has 3 aliphatic rings. The molecule has 4 bridgehead atoms. The molecule has 49 heteroatoms. The molecule has 7 atom stereocenters. The fraction of sp³-hybridized carbons (Fsp3) is 0.448. The van der Waals surface area contributed by atoms with Gasteiger partial charge in [-0.2, -0.15) is 17.9 Å². The number of benzene rings is 4. The second-order valence-corrected chi connectivity index (χ2v) is 42.1. The van der Waals surface area contributed by atoms with Crippen molar-refractivity contribution in [3.8, 4) is 0 Å². The van der Waals surface area contributed by atoms with E-state index >= 15 is 4.79 Å². The number of aromatic amines is 2. The molecule has 7 heterocycles. The molecule has 6 amide bonds. The number of imidazole rings is 2. The summed E-state index contributed by atoms with van der Waals surface area (Å²) in [6.45, 7) is 11.1. The number of aryl methyl sites for hydroxylation is 8. The second-order valence-electron chi connectivity index (χ2n) is 33.7. The van der Waals surface area contributed by atoms with Crippen molar-refractivity contribution >= 4 is 158 Å². The van der Waals surface area contributed by atoms with E-state index < -0.39 is 221 Å². The van der Waals surface area contributed by atoms with Crippen molar-refractivity contribution < 1.29 is 101 Å². The molecule has 11 rings (SSSR count). The average molecular weight is 2050 g/mol. The number of nitrogens with one attached hydrogen (secondary N) is 12. The number of anilines is 2. The van der Waals surface area contributed by atoms with Gasteiger partial charge in [0.25, 0.3) is 21.9 Å². The number of Topliss-reactive ketones (excluding diaryl/α,β-unsaturated/α-hetero) is 2. The molecular weight excluding hydrogens is 1940 g/mol. The van der Waals surface area contributed by atoms with Gasteiger partial charge in [0.2, 0.25) is 42.7 Å². The van der Waals surface area contributed by atoms with Crippen LogP contribution in [-0.4, -0.2) is 311 Å². The van der Waals surface area contributed by atoms with Crippen LogP contribution in [0.4, 0.5) is 11.9 Å². The first-order chi connectivity index (χ1) is 64.5. The molecule has 0 saturated carbocycles. The zero-order chi connectivity index (χ0) is 98.6. The molecule has 136 heavy (non-hydrogen) atoms. The minimum Gasteiger partial charge on any atom is -0.480 e. The predicted octanol–water partition coefficient (Wildman–Crippen LogP) is -0.384. The third kappa shape index (κ3) is 29.2. The van der Waals surface area contributed by atoms with Crippen molar-refractivity contribution in [3.63, 3.8) is 0 Å². The third-order valence-electron chi connectivity index (χ3n) is 23.0. The first kappa shape index (κ1) is 104. The van der Waals surface area contributed by atoms with Crippen LogP contribution in [0.15, 0.2) is 117 Å². The van der Waals surface area contributed by atoms with Crippen LogP contribution in [0.1, 0.15) is 118 Å². The van der Waals surface area contributed by atoms with Crippen LogP contribution >= 0.6 is 0 Å². The monoisotopic (exact) mass is 2050 g/mol. The predicted molar refractivity (Wildman–Crippen MR) is 494 cm³/mol. The summed E-state index contributed by atoms with van der Waals surface area (Å²) < 4.78 is 116. The molecule has 0 spiro atoms. The Balaban J connectivity index is 0.809. The number of aromatic nitrogens is 6. The standard InChI is InChI=1S/C87H114N20O25S3.In/c1-9-64(83(122)88-19-11-25-107-45-63(78(119)61-16-14-59(39-70(61)107)41-96-87-91-22-23-92-87)82(121)94-43-67(85(124)125)101-135(131,132)80-55(6)36-52(3)37-56(80)7)97-72(110)18-17-65(98-73(111)46-102-26-28-103(47-74(112)113)30-32-105(49-76(116)117)33-31-104(29-27-102)48-75(114)115)84(123)99-68(50-133(126,127)128)71(109)12-10-24-106-44-62(77(118)60-15-13-58(38-69(60)106)40-95-86-89-20-21-90-86)81(120)93-42-66(57(8)108)100-134(129,130)79-53(4)34-51(2)35-54(79)5;/h13-16,20-23,34-39,44-45,64-68,100-101H,9-12,17-19,24-33,40-43,46-50H2,1-8H3,(H,88,122)(H,93,120)(H,94,121)(H,97,110)(H,98,111)(H,99,123)(H,112,113)(H,114,115)(H,116,117)(H,124,125)(H2,89,90,95)(H2,91,92,96)(H,126,127,128);/q;+3/p-3/t64-,65-,66?,67?,68-;/m0./s1. The number of aliphatic carboxylic acids is 1. The van der Waals surface area contributed by atoms with E-state index in [1.165, 1.54) is 41.5 Å². The summed E-state index contributed by atoms with van der Waals surface area (Å²) in [5.74, 6) is -12.0. The Morgan fingerprint density at radius 3 is 1.40 bits per heavy atom. The minimum absolute atomic E-state index is 0.00229. The number of ketones is 2. The second kappa shape index (κ2) is 47.0. The van der Waals surface area contributed by atoms with Crippen molar-refractivity contribution in [2.45, 2.75) is 160 Å². The normalized spacial score (nSPS) is 16.9. The number of sulfonamides is 2. The van der Waals surface area contributed by atoms with E-state index in [0.29, 0.717) is 50.8 Å². The molecule has 730 valence electrons. The van der Waals surface area contributed by atoms with Crippen molar-refractivity contribution in [1.29, 1.82) is 0 Å². The van der Waals surface area contributed by atoms with Crippen LogP contribution in [-0.2, 0) is 113 Å². The molecule has 3 fully saturated rings. The van der Waals surface area contributed by atoms with E-state index in [9.17, 15) is 97.2 Å². The number of carbonyl (C=O) groups is 12. The molecule has 4 aromatic heterocycles. The van der Waals surface area contributed by atoms with Gasteiger partial charge in [0.1, 0.15) is 40.8 Å². The van der Waals surface area contributed by atoms with Crippen LogP contribution in [0.5, 0.6) is 0 Å². The maximum atomic E-state index is 15.0. The van der Waals surface area contributed by atoms with Gasteiger partial charge in [0.05, 0.1) is 26.9 Å². The molecule has 8 aromatic rings. The molecule has 4 aromatic carbocycles. The molecule has 0 aliphatic carbocycles. The number of carbonyl (C=O) groups excluding carboxylic acids is 11. The van der Waals surface area contributed by atoms with Gasteiger partial charge in [-0.15, -0.1) is 0 Å². The molecule has 0 radical (unpaired) electrons. The van der Waals surface area contributed by atoms with E-state index in [1.807, 2.05) is 4.90 Å². The Morgan fingerprint density at radius 2 is 0.963 bits per heavy atom. The fourth-order valence-corrected chi connectivity index (χ4v) is 23.3. The third-order valence-corrected chi connectivity index (χ3v) is 31.2. The SMILES string of the molecule is CC[C@H](NC(=O)CC[C@H](NC(=O)CN1CCN2CCN3CCN(CC1)CC(=O)[O][In]([O]C(=O)C2)[O]C(=O)C3)C(=O)N[C@@H](CS(=O)(=O)O)C(=O)CCCn1cc(C(=O)NCC(NS(=O)(=O)c2c(C)cc(C)cc2C)C(C)=O)c(=O)c2ccc(CNc3ncc[nH]3)cc21)C(=O)NCCCn1cc(C(=O)NCC(NS(=O)(=O)c2c(C)cc(C)cc2C)C(=O)O)c(=O)c2ccc(CNc3ncc[nH]3)cc21. The number of carboxylic acids is 1. The quantitative estimate of drug-likeness (QED) is 0.0171. The zero-order valence-electron chi connectivity index (χ0n) is 76.2. The summed E-state index contributed by atoms with van der Waals surface area (Å²) in [5, 5.41) is 31.8. The Labute approximate surface area is 792 Å². The topological polar surface area (TPSA) is 610 Å². The number of H-pyrrole nitrogens is 2. The number of fused-ring (bicyclic) bond motifs is 9. The molecule has 14 N–H and O–H groups in total. The number of rotatable bonds is 42. The molecule has 45 nitrogen and oxygen atoms in total. The summed E-state index contributed by atoms with van der Waals surface area (Å²) >= 11 is -4.54. The van der Waals surface area contributed by atoms with E-state index in [0.717, 1.165) is 18.1 Å². The molecule has 3 aliphatic heterocycles. The summed E-state index contributed by atoms with van der Waals surface area (Å²) in [5.41, 5.74) is 2.39. The Kier molecular flexibility index (Phi) is 36.1. The number of nitrogens with zero attached hydrogens (tertiary/aromatic N) is 8. The van der Waals surface area contributed by atoms with Crippen LogP contribution < -0.4 is 62.8 Å². The van der Waals surface area contributed by atoms with Crippen molar-refractivity contribution in [2.24, 2.45) is 0 Å². The van der Waals surface area contributed by atoms with Crippen molar-refractivity contribution in [3.05, 3.63) is 174 Å². The van der Waals surface area contributed by atoms with E-state index in [4.69, 9.17) is 8.56 Å². The summed E-state index contributed by atoms with van der Waals surface area (Å²) in [7, 11) is -14.0. The Bertz CT molecular complexity index is 6260. The summed E-state index contributed by atoms with van der Waals surface area (Å²) in [4.78, 5) is 216. The van der Waals surface area contributed by atoms with E-state index in [1.54, 1.807) is 129 Å².